The fourth-order valence-electron chi connectivity index (χ4n) is 3.22. The molecule has 0 bridgehead atoms. The summed E-state index contributed by atoms with van der Waals surface area (Å²) in [5.41, 5.74) is 4.34. The van der Waals surface area contributed by atoms with Crippen molar-refractivity contribution in [2.24, 2.45) is 0 Å². The van der Waals surface area contributed by atoms with Crippen LogP contribution in [0.3, 0.4) is 0 Å². The lowest BCUT2D eigenvalue weighted by molar-refractivity contribution is 0.0695. The van der Waals surface area contributed by atoms with Crippen molar-refractivity contribution in [1.29, 1.82) is 0 Å². The van der Waals surface area contributed by atoms with E-state index in [4.69, 9.17) is 0 Å². The molecule has 0 amide bonds. The zero-order chi connectivity index (χ0) is 13.6. The summed E-state index contributed by atoms with van der Waals surface area (Å²) < 4.78 is 0. The highest BCUT2D eigenvalue weighted by Crippen LogP contribution is 2.40. The summed E-state index contributed by atoms with van der Waals surface area (Å²) in [4.78, 5) is 13.6. The predicted octanol–water partition coefficient (Wildman–Crippen LogP) is 3.95. The van der Waals surface area contributed by atoms with Crippen LogP contribution in [0, 0.1) is 13.8 Å². The van der Waals surface area contributed by atoms with Gasteiger partial charge in [-0.3, -0.25) is 0 Å². The molecule has 0 atom stereocenters. The highest BCUT2D eigenvalue weighted by Gasteiger charge is 2.30. The molecule has 1 aliphatic rings. The van der Waals surface area contributed by atoms with E-state index in [1.165, 1.54) is 11.1 Å². The first-order chi connectivity index (χ1) is 9.08. The van der Waals surface area contributed by atoms with Crippen LogP contribution in [0.15, 0.2) is 24.3 Å². The van der Waals surface area contributed by atoms with Gasteiger partial charge in [0.15, 0.2) is 0 Å². The maximum absolute atomic E-state index is 11.5. The highest BCUT2D eigenvalue weighted by molar-refractivity contribution is 7.12. The van der Waals surface area contributed by atoms with Crippen molar-refractivity contribution in [2.75, 3.05) is 0 Å². The van der Waals surface area contributed by atoms with Crippen molar-refractivity contribution >= 4 is 17.3 Å². The van der Waals surface area contributed by atoms with Gasteiger partial charge in [0, 0.05) is 9.75 Å². The molecule has 1 aromatic heterocycles. The van der Waals surface area contributed by atoms with Crippen LogP contribution in [0.2, 0.25) is 0 Å². The average Bonchev–Trinajstić information content (AvgIpc) is 2.88. The molecule has 2 aromatic rings. The van der Waals surface area contributed by atoms with Gasteiger partial charge in [-0.25, -0.2) is 4.79 Å². The van der Waals surface area contributed by atoms with Gasteiger partial charge in [0.25, 0.3) is 0 Å². The van der Waals surface area contributed by atoms with Crippen molar-refractivity contribution in [2.45, 2.75) is 32.6 Å². The lowest BCUT2D eigenvalue weighted by atomic mass is 9.92. The van der Waals surface area contributed by atoms with E-state index in [9.17, 15) is 9.90 Å². The van der Waals surface area contributed by atoms with Crippen LogP contribution in [-0.4, -0.2) is 11.1 Å². The van der Waals surface area contributed by atoms with Crippen molar-refractivity contribution in [1.82, 2.24) is 0 Å². The summed E-state index contributed by atoms with van der Waals surface area (Å²) in [6, 6.07) is 8.44. The number of fused-ring (bicyclic) bond motifs is 1. The summed E-state index contributed by atoms with van der Waals surface area (Å²) in [7, 11) is 0. The minimum Gasteiger partial charge on any atom is -0.478 e. The van der Waals surface area contributed by atoms with Crippen LogP contribution >= 0.6 is 11.3 Å². The van der Waals surface area contributed by atoms with Crippen LogP contribution in [-0.2, 0) is 12.8 Å². The van der Waals surface area contributed by atoms with Gasteiger partial charge in [-0.15, -0.1) is 11.3 Å². The van der Waals surface area contributed by atoms with E-state index in [-0.39, 0.29) is 0 Å². The number of aromatic carboxylic acids is 1. The molecular weight excluding hydrogens is 256 g/mol. The summed E-state index contributed by atoms with van der Waals surface area (Å²) in [5, 5.41) is 9.44. The van der Waals surface area contributed by atoms with Crippen molar-refractivity contribution < 1.29 is 9.90 Å². The maximum Gasteiger partial charge on any atom is 0.337 e. The average molecular weight is 272 g/mol. The number of rotatable bonds is 2. The first-order valence-electron chi connectivity index (χ1n) is 6.48. The second kappa shape index (κ2) is 4.49. The molecular formula is C16H16O2S. The van der Waals surface area contributed by atoms with Crippen LogP contribution in [0.4, 0.5) is 0 Å². The summed E-state index contributed by atoms with van der Waals surface area (Å²) in [6.07, 6.45) is 1.93. The first kappa shape index (κ1) is 12.4. The minimum absolute atomic E-state index is 0.327. The van der Waals surface area contributed by atoms with Crippen LogP contribution in [0.5, 0.6) is 0 Å². The molecule has 0 aliphatic heterocycles. The molecule has 1 heterocycles. The third-order valence-electron chi connectivity index (χ3n) is 3.98. The smallest absolute Gasteiger partial charge is 0.337 e. The molecule has 0 spiro atoms. The molecule has 98 valence electrons. The number of carboxylic acids is 1. The maximum atomic E-state index is 11.5. The number of aryl methyl sites for hydroxylation is 2. The molecule has 0 fully saturated rings. The van der Waals surface area contributed by atoms with Crippen molar-refractivity contribution in [3.05, 3.63) is 56.3 Å². The Morgan fingerprint density at radius 2 is 1.74 bits per heavy atom. The summed E-state index contributed by atoms with van der Waals surface area (Å²) in [6.45, 7) is 3.95. The molecule has 1 aromatic carbocycles. The van der Waals surface area contributed by atoms with E-state index < -0.39 is 5.97 Å². The second-order valence-corrected chi connectivity index (χ2v) is 6.61. The second-order valence-electron chi connectivity index (χ2n) is 5.18. The summed E-state index contributed by atoms with van der Waals surface area (Å²) in [5.74, 6) is -0.457. The van der Waals surface area contributed by atoms with Gasteiger partial charge in [-0.1, -0.05) is 24.3 Å². The van der Waals surface area contributed by atoms with Gasteiger partial charge < -0.3 is 5.11 Å². The Balaban J connectivity index is 2.04. The zero-order valence-corrected chi connectivity index (χ0v) is 11.9. The van der Waals surface area contributed by atoms with Gasteiger partial charge in [0.2, 0.25) is 0 Å². The minimum atomic E-state index is -0.784. The number of benzene rings is 1. The molecule has 0 saturated carbocycles. The predicted molar refractivity (Wildman–Crippen MR) is 77.3 cm³/mol. The molecule has 0 radical (unpaired) electrons. The van der Waals surface area contributed by atoms with Crippen molar-refractivity contribution in [3.63, 3.8) is 0 Å². The molecule has 1 N–H and O–H groups in total. The van der Waals surface area contributed by atoms with Crippen molar-refractivity contribution in [3.8, 4) is 0 Å². The summed E-state index contributed by atoms with van der Waals surface area (Å²) >= 11 is 1.61. The van der Waals surface area contributed by atoms with E-state index in [0.717, 1.165) is 28.2 Å². The highest BCUT2D eigenvalue weighted by atomic mass is 32.1. The third kappa shape index (κ3) is 1.98. The number of thiophene rings is 1. The third-order valence-corrected chi connectivity index (χ3v) is 5.02. The van der Waals surface area contributed by atoms with Gasteiger partial charge in [-0.05, 0) is 49.3 Å². The fourth-order valence-corrected chi connectivity index (χ4v) is 4.36. The Morgan fingerprint density at radius 1 is 1.16 bits per heavy atom. The Labute approximate surface area is 116 Å². The van der Waals surface area contributed by atoms with E-state index in [0.29, 0.717) is 11.5 Å². The van der Waals surface area contributed by atoms with Gasteiger partial charge in [0.05, 0.1) is 5.56 Å². The Hall–Kier alpha value is -1.61. The van der Waals surface area contributed by atoms with Gasteiger partial charge in [-0.2, -0.15) is 0 Å². The van der Waals surface area contributed by atoms with Crippen LogP contribution in [0.1, 0.15) is 42.7 Å². The van der Waals surface area contributed by atoms with Crippen LogP contribution in [0.25, 0.3) is 0 Å². The molecule has 3 heteroatoms. The number of hydrogen-bond acceptors (Lipinski definition) is 2. The molecule has 19 heavy (non-hydrogen) atoms. The Bertz CT molecular complexity index is 630. The lowest BCUT2D eigenvalue weighted by Crippen LogP contribution is -2.07. The van der Waals surface area contributed by atoms with Gasteiger partial charge in [0.1, 0.15) is 0 Å². The standard InChI is InChI=1S/C16H16O2S/c1-9-14(15(16(17)18)10(2)19-9)13-7-11-5-3-4-6-12(11)8-13/h3-6,13H,7-8H2,1-2H3,(H,17,18). The monoisotopic (exact) mass is 272 g/mol. The largest absolute Gasteiger partial charge is 0.478 e. The van der Waals surface area contributed by atoms with E-state index in [2.05, 4.69) is 24.3 Å². The Kier molecular flexibility index (Phi) is 2.94. The number of carbonyl (C=O) groups is 1. The molecule has 2 nitrogen and oxygen atoms in total. The topological polar surface area (TPSA) is 37.3 Å². The quantitative estimate of drug-likeness (QED) is 0.899. The van der Waals surface area contributed by atoms with E-state index in [1.54, 1.807) is 11.3 Å². The molecule has 0 saturated heterocycles. The Morgan fingerprint density at radius 3 is 2.26 bits per heavy atom. The molecule has 0 unspecified atom stereocenters. The SMILES string of the molecule is Cc1sc(C)c(C2Cc3ccccc3C2)c1C(=O)O. The molecule has 3 rings (SSSR count). The normalized spacial score (nSPS) is 14.6. The number of hydrogen-bond donors (Lipinski definition) is 1. The fraction of sp³-hybridized carbons (Fsp3) is 0.312. The van der Waals surface area contributed by atoms with E-state index in [1.807, 2.05) is 13.8 Å². The first-order valence-corrected chi connectivity index (χ1v) is 7.29. The zero-order valence-electron chi connectivity index (χ0n) is 11.1. The van der Waals surface area contributed by atoms with Gasteiger partial charge >= 0.3 is 5.97 Å². The lowest BCUT2D eigenvalue weighted by Gasteiger charge is -2.11. The van der Waals surface area contributed by atoms with E-state index >= 15 is 0 Å². The van der Waals surface area contributed by atoms with Crippen LogP contribution < -0.4 is 0 Å². The number of carboxylic acid groups (broad SMARTS) is 1. The molecule has 1 aliphatic carbocycles.